The number of carbonyl (C=O) groups excluding carboxylic acids is 1. The fraction of sp³-hybridized carbons (Fsp3) is 0.857. The Balaban J connectivity index is 1.84. The second-order valence-electron chi connectivity index (χ2n) is 5.96. The predicted molar refractivity (Wildman–Crippen MR) is 77.0 cm³/mol. The van der Waals surface area contributed by atoms with Crippen LogP contribution in [-0.4, -0.2) is 88.8 Å². The first kappa shape index (κ1) is 16.0. The summed E-state index contributed by atoms with van der Waals surface area (Å²) in [7, 11) is 0. The molecule has 0 bridgehead atoms. The van der Waals surface area contributed by atoms with Gasteiger partial charge >= 0.3 is 12.0 Å². The second-order valence-corrected chi connectivity index (χ2v) is 5.96. The third kappa shape index (κ3) is 3.85. The average Bonchev–Trinajstić information content (AvgIpc) is 2.53. The van der Waals surface area contributed by atoms with Crippen molar-refractivity contribution in [3.63, 3.8) is 0 Å². The summed E-state index contributed by atoms with van der Waals surface area (Å²) in [6.45, 7) is 5.51. The van der Waals surface area contributed by atoms with Crippen molar-refractivity contribution in [2.24, 2.45) is 5.92 Å². The van der Waals surface area contributed by atoms with E-state index >= 15 is 0 Å². The standard InChI is InChI=1S/C14H25N3O4/c1-11(13(19)20)15-5-7-16(8-6-15)14(21)17-4-2-3-12(9-17)10-18/h11-12,18H,2-10H2,1H3,(H,19,20). The molecule has 0 spiro atoms. The largest absolute Gasteiger partial charge is 0.480 e. The lowest BCUT2D eigenvalue weighted by molar-refractivity contribution is -0.143. The molecular weight excluding hydrogens is 274 g/mol. The zero-order valence-corrected chi connectivity index (χ0v) is 12.6. The van der Waals surface area contributed by atoms with Crippen LogP contribution in [0.15, 0.2) is 0 Å². The summed E-state index contributed by atoms with van der Waals surface area (Å²) in [4.78, 5) is 28.9. The van der Waals surface area contributed by atoms with Crippen LogP contribution in [0.4, 0.5) is 4.79 Å². The molecule has 0 aromatic rings. The van der Waals surface area contributed by atoms with Gasteiger partial charge in [-0.2, -0.15) is 0 Å². The van der Waals surface area contributed by atoms with Gasteiger partial charge < -0.3 is 20.0 Å². The number of carbonyl (C=O) groups is 2. The Hall–Kier alpha value is -1.34. The van der Waals surface area contributed by atoms with Gasteiger partial charge in [0.25, 0.3) is 0 Å². The van der Waals surface area contributed by atoms with Gasteiger partial charge in [0.15, 0.2) is 0 Å². The zero-order chi connectivity index (χ0) is 15.4. The van der Waals surface area contributed by atoms with Gasteiger partial charge in [0, 0.05) is 45.9 Å². The van der Waals surface area contributed by atoms with Gasteiger partial charge in [-0.3, -0.25) is 9.69 Å². The Morgan fingerprint density at radius 2 is 1.81 bits per heavy atom. The highest BCUT2D eigenvalue weighted by Gasteiger charge is 2.31. The lowest BCUT2D eigenvalue weighted by Gasteiger charge is -2.40. The number of aliphatic hydroxyl groups is 1. The third-order valence-electron chi connectivity index (χ3n) is 4.54. The lowest BCUT2D eigenvalue weighted by Crippen LogP contribution is -2.56. The average molecular weight is 299 g/mol. The third-order valence-corrected chi connectivity index (χ3v) is 4.54. The predicted octanol–water partition coefficient (Wildman–Crippen LogP) is -0.0986. The molecule has 0 aliphatic carbocycles. The summed E-state index contributed by atoms with van der Waals surface area (Å²) in [5.41, 5.74) is 0. The van der Waals surface area contributed by atoms with Gasteiger partial charge in [-0.05, 0) is 25.7 Å². The normalized spacial score (nSPS) is 25.7. The molecule has 0 aromatic heterocycles. The van der Waals surface area contributed by atoms with Crippen molar-refractivity contribution in [2.75, 3.05) is 45.9 Å². The molecule has 7 nitrogen and oxygen atoms in total. The topological polar surface area (TPSA) is 84.3 Å². The number of amides is 2. The maximum atomic E-state index is 12.5. The smallest absolute Gasteiger partial charge is 0.320 e. The highest BCUT2D eigenvalue weighted by molar-refractivity contribution is 5.75. The summed E-state index contributed by atoms with van der Waals surface area (Å²) in [6, 6.07) is -0.480. The van der Waals surface area contributed by atoms with Gasteiger partial charge in [0.1, 0.15) is 6.04 Å². The number of hydrogen-bond acceptors (Lipinski definition) is 4. The number of likely N-dealkylation sites (tertiary alicyclic amines) is 1. The van der Waals surface area contributed by atoms with E-state index in [9.17, 15) is 14.7 Å². The Kier molecular flexibility index (Phi) is 5.41. The summed E-state index contributed by atoms with van der Waals surface area (Å²) in [6.07, 6.45) is 1.91. The first-order valence-corrected chi connectivity index (χ1v) is 7.64. The van der Waals surface area contributed by atoms with Gasteiger partial charge in [-0.15, -0.1) is 0 Å². The molecule has 2 amide bonds. The molecule has 2 saturated heterocycles. The maximum Gasteiger partial charge on any atom is 0.320 e. The molecule has 0 saturated carbocycles. The highest BCUT2D eigenvalue weighted by Crippen LogP contribution is 2.18. The first-order valence-electron chi connectivity index (χ1n) is 7.64. The van der Waals surface area contributed by atoms with E-state index < -0.39 is 12.0 Å². The quantitative estimate of drug-likeness (QED) is 0.760. The van der Waals surface area contributed by atoms with Crippen LogP contribution in [0.3, 0.4) is 0 Å². The number of aliphatic hydroxyl groups excluding tert-OH is 1. The van der Waals surface area contributed by atoms with Crippen molar-refractivity contribution in [3.8, 4) is 0 Å². The molecule has 21 heavy (non-hydrogen) atoms. The van der Waals surface area contributed by atoms with Crippen LogP contribution in [0, 0.1) is 5.92 Å². The van der Waals surface area contributed by atoms with Crippen molar-refractivity contribution in [1.29, 1.82) is 0 Å². The minimum absolute atomic E-state index is 0.0239. The molecule has 7 heteroatoms. The number of hydrogen-bond donors (Lipinski definition) is 2. The number of carboxylic acids is 1. The minimum atomic E-state index is -0.823. The van der Waals surface area contributed by atoms with Crippen LogP contribution in [0.5, 0.6) is 0 Å². The number of urea groups is 1. The van der Waals surface area contributed by atoms with E-state index in [1.165, 1.54) is 0 Å². The summed E-state index contributed by atoms with van der Waals surface area (Å²) < 4.78 is 0. The molecule has 0 radical (unpaired) electrons. The molecule has 2 rings (SSSR count). The number of nitrogens with zero attached hydrogens (tertiary/aromatic N) is 3. The van der Waals surface area contributed by atoms with Crippen molar-refractivity contribution in [3.05, 3.63) is 0 Å². The summed E-state index contributed by atoms with van der Waals surface area (Å²) in [5.74, 6) is -0.632. The number of aliphatic carboxylic acids is 1. The van der Waals surface area contributed by atoms with E-state index in [1.807, 2.05) is 9.80 Å². The molecule has 120 valence electrons. The number of carboxylic acid groups (broad SMARTS) is 1. The van der Waals surface area contributed by atoms with E-state index in [1.54, 1.807) is 11.8 Å². The maximum absolute atomic E-state index is 12.5. The highest BCUT2D eigenvalue weighted by atomic mass is 16.4. The Labute approximate surface area is 125 Å². The Bertz CT molecular complexity index is 382. The number of rotatable bonds is 3. The minimum Gasteiger partial charge on any atom is -0.480 e. The SMILES string of the molecule is CC(C(=O)O)N1CCN(C(=O)N2CCCC(CO)C2)CC1. The molecule has 0 aromatic carbocycles. The monoisotopic (exact) mass is 299 g/mol. The second kappa shape index (κ2) is 7.09. The van der Waals surface area contributed by atoms with Crippen LogP contribution >= 0.6 is 0 Å². The summed E-state index contributed by atoms with van der Waals surface area (Å²) >= 11 is 0. The van der Waals surface area contributed by atoms with Gasteiger partial charge in [0.05, 0.1) is 0 Å². The van der Waals surface area contributed by atoms with Gasteiger partial charge in [0.2, 0.25) is 0 Å². The fourth-order valence-electron chi connectivity index (χ4n) is 3.04. The van der Waals surface area contributed by atoms with Crippen molar-refractivity contribution < 1.29 is 19.8 Å². The van der Waals surface area contributed by atoms with Crippen LogP contribution in [0.25, 0.3) is 0 Å². The van der Waals surface area contributed by atoms with Gasteiger partial charge in [-0.1, -0.05) is 0 Å². The molecule has 2 aliphatic rings. The van der Waals surface area contributed by atoms with Crippen LogP contribution in [0.2, 0.25) is 0 Å². The van der Waals surface area contributed by atoms with E-state index in [0.29, 0.717) is 32.7 Å². The lowest BCUT2D eigenvalue weighted by atomic mass is 9.99. The first-order chi connectivity index (χ1) is 10.0. The molecule has 2 fully saturated rings. The fourth-order valence-corrected chi connectivity index (χ4v) is 3.04. The Morgan fingerprint density at radius 1 is 1.14 bits per heavy atom. The molecular formula is C14H25N3O4. The molecule has 2 N–H and O–H groups in total. The summed E-state index contributed by atoms with van der Waals surface area (Å²) in [5, 5.41) is 18.3. The van der Waals surface area contributed by atoms with Crippen molar-refractivity contribution in [2.45, 2.75) is 25.8 Å². The van der Waals surface area contributed by atoms with E-state index in [-0.39, 0.29) is 18.6 Å². The van der Waals surface area contributed by atoms with E-state index in [4.69, 9.17) is 5.11 Å². The van der Waals surface area contributed by atoms with E-state index in [0.717, 1.165) is 19.4 Å². The molecule has 2 atom stereocenters. The van der Waals surface area contributed by atoms with Crippen LogP contribution in [-0.2, 0) is 4.79 Å². The van der Waals surface area contributed by atoms with Crippen LogP contribution in [0.1, 0.15) is 19.8 Å². The van der Waals surface area contributed by atoms with Crippen LogP contribution < -0.4 is 0 Å². The molecule has 2 heterocycles. The number of piperazine rings is 1. The number of piperidine rings is 1. The van der Waals surface area contributed by atoms with E-state index in [2.05, 4.69) is 0 Å². The molecule has 2 unspecified atom stereocenters. The zero-order valence-electron chi connectivity index (χ0n) is 12.6. The Morgan fingerprint density at radius 3 is 2.38 bits per heavy atom. The van der Waals surface area contributed by atoms with Crippen molar-refractivity contribution >= 4 is 12.0 Å². The molecule has 2 aliphatic heterocycles. The van der Waals surface area contributed by atoms with Gasteiger partial charge in [-0.25, -0.2) is 4.79 Å². The van der Waals surface area contributed by atoms with Crippen molar-refractivity contribution in [1.82, 2.24) is 14.7 Å².